The number of nitrogens with zero attached hydrogens (tertiary/aromatic N) is 1. The normalized spacial score (nSPS) is 21.0. The molecular formula is C19H24N2O3S. The summed E-state index contributed by atoms with van der Waals surface area (Å²) in [4.78, 5) is 4.32. The van der Waals surface area contributed by atoms with Gasteiger partial charge in [-0.1, -0.05) is 30.3 Å². The monoisotopic (exact) mass is 360 g/mol. The standard InChI is InChI=1S/C19H24N2O3S/c1-13(2)25(22,23)21-18-10-11-24-19(18)16-8-6-15(7-9-16)17-5-4-14(3)20-12-17/h4-9,12-13,18-19,21H,10-11H2,1-3H3/t18-,19-/m0/s1. The van der Waals surface area contributed by atoms with Crippen molar-refractivity contribution in [3.63, 3.8) is 0 Å². The van der Waals surface area contributed by atoms with Crippen molar-refractivity contribution in [2.24, 2.45) is 0 Å². The van der Waals surface area contributed by atoms with Crippen molar-refractivity contribution in [1.29, 1.82) is 0 Å². The van der Waals surface area contributed by atoms with Gasteiger partial charge in [-0.2, -0.15) is 0 Å². The first-order chi connectivity index (χ1) is 11.9. The number of nitrogens with one attached hydrogen (secondary N) is 1. The average molecular weight is 360 g/mol. The lowest BCUT2D eigenvalue weighted by Crippen LogP contribution is -2.40. The molecule has 0 saturated carbocycles. The number of aryl methyl sites for hydroxylation is 1. The van der Waals surface area contributed by atoms with Gasteiger partial charge in [0.2, 0.25) is 10.0 Å². The van der Waals surface area contributed by atoms with E-state index in [1.807, 2.05) is 49.5 Å². The fraction of sp³-hybridized carbons (Fsp3) is 0.421. The van der Waals surface area contributed by atoms with Crippen LogP contribution in [-0.2, 0) is 14.8 Å². The Hall–Kier alpha value is -1.76. The number of hydrogen-bond donors (Lipinski definition) is 1. The zero-order chi connectivity index (χ0) is 18.0. The Kier molecular flexibility index (Phi) is 5.22. The molecule has 1 fully saturated rings. The minimum absolute atomic E-state index is 0.223. The molecule has 1 N–H and O–H groups in total. The highest BCUT2D eigenvalue weighted by atomic mass is 32.2. The molecule has 2 aromatic rings. The molecule has 3 rings (SSSR count). The molecule has 1 aliphatic rings. The quantitative estimate of drug-likeness (QED) is 0.889. The molecule has 2 heterocycles. The van der Waals surface area contributed by atoms with Crippen LogP contribution in [0, 0.1) is 6.92 Å². The maximum Gasteiger partial charge on any atom is 0.214 e. The van der Waals surface area contributed by atoms with E-state index >= 15 is 0 Å². The van der Waals surface area contributed by atoms with Gasteiger partial charge in [-0.15, -0.1) is 0 Å². The second-order valence-corrected chi connectivity index (χ2v) is 8.98. The third-order valence-electron chi connectivity index (χ3n) is 4.51. The van der Waals surface area contributed by atoms with E-state index in [-0.39, 0.29) is 12.1 Å². The number of aromatic nitrogens is 1. The van der Waals surface area contributed by atoms with Crippen LogP contribution in [-0.4, -0.2) is 31.3 Å². The zero-order valence-corrected chi connectivity index (χ0v) is 15.6. The van der Waals surface area contributed by atoms with E-state index in [0.29, 0.717) is 13.0 Å². The highest BCUT2D eigenvalue weighted by Gasteiger charge is 2.33. The Bertz CT molecular complexity index is 815. The van der Waals surface area contributed by atoms with Gasteiger partial charge in [0.1, 0.15) is 0 Å². The van der Waals surface area contributed by atoms with E-state index in [1.54, 1.807) is 13.8 Å². The van der Waals surface area contributed by atoms with Crippen LogP contribution in [0.25, 0.3) is 11.1 Å². The van der Waals surface area contributed by atoms with Gasteiger partial charge >= 0.3 is 0 Å². The zero-order valence-electron chi connectivity index (χ0n) is 14.8. The summed E-state index contributed by atoms with van der Waals surface area (Å²) in [5.41, 5.74) is 4.10. The lowest BCUT2D eigenvalue weighted by atomic mass is 9.99. The second-order valence-electron chi connectivity index (χ2n) is 6.71. The minimum atomic E-state index is -3.32. The molecule has 0 bridgehead atoms. The Morgan fingerprint density at radius 3 is 2.40 bits per heavy atom. The van der Waals surface area contributed by atoms with Gasteiger partial charge < -0.3 is 4.74 Å². The molecule has 6 heteroatoms. The van der Waals surface area contributed by atoms with Crippen molar-refractivity contribution >= 4 is 10.0 Å². The summed E-state index contributed by atoms with van der Waals surface area (Å²) in [6.45, 7) is 5.87. The van der Waals surface area contributed by atoms with Gasteiger partial charge in [0.05, 0.1) is 17.4 Å². The average Bonchev–Trinajstić information content (AvgIpc) is 3.03. The first-order valence-electron chi connectivity index (χ1n) is 8.52. The Morgan fingerprint density at radius 2 is 1.80 bits per heavy atom. The number of sulfonamides is 1. The lowest BCUT2D eigenvalue weighted by Gasteiger charge is -2.21. The molecule has 0 unspecified atom stereocenters. The summed E-state index contributed by atoms with van der Waals surface area (Å²) in [6, 6.07) is 11.9. The maximum absolute atomic E-state index is 12.2. The van der Waals surface area contributed by atoms with Crippen molar-refractivity contribution in [2.45, 2.75) is 44.6 Å². The highest BCUT2D eigenvalue weighted by molar-refractivity contribution is 7.90. The fourth-order valence-corrected chi connectivity index (χ4v) is 3.83. The molecule has 1 aromatic heterocycles. The first-order valence-corrected chi connectivity index (χ1v) is 10.1. The van der Waals surface area contributed by atoms with Crippen LogP contribution < -0.4 is 4.72 Å². The van der Waals surface area contributed by atoms with Crippen LogP contribution in [0.3, 0.4) is 0 Å². The number of pyridine rings is 1. The van der Waals surface area contributed by atoms with Crippen molar-refractivity contribution in [3.05, 3.63) is 53.9 Å². The smallest absolute Gasteiger partial charge is 0.214 e. The first kappa shape index (κ1) is 18.0. The van der Waals surface area contributed by atoms with Crippen LogP contribution in [0.15, 0.2) is 42.6 Å². The summed E-state index contributed by atoms with van der Waals surface area (Å²) in [5, 5.41) is -0.454. The molecule has 2 atom stereocenters. The van der Waals surface area contributed by atoms with Crippen LogP contribution >= 0.6 is 0 Å². The third kappa shape index (κ3) is 4.08. The van der Waals surface area contributed by atoms with Crippen molar-refractivity contribution in [3.8, 4) is 11.1 Å². The molecule has 0 spiro atoms. The molecule has 0 amide bonds. The Labute approximate surface area is 149 Å². The molecule has 0 aliphatic carbocycles. The van der Waals surface area contributed by atoms with Gasteiger partial charge in [0.15, 0.2) is 0 Å². The molecule has 5 nitrogen and oxygen atoms in total. The van der Waals surface area contributed by atoms with Crippen LogP contribution in [0.4, 0.5) is 0 Å². The molecular weight excluding hydrogens is 336 g/mol. The SMILES string of the molecule is Cc1ccc(-c2ccc([C@@H]3OCC[C@@H]3NS(=O)(=O)C(C)C)cc2)cn1. The van der Waals surface area contributed by atoms with E-state index in [1.165, 1.54) is 0 Å². The second kappa shape index (κ2) is 7.23. The summed E-state index contributed by atoms with van der Waals surface area (Å²) in [6.07, 6.45) is 2.29. The Morgan fingerprint density at radius 1 is 1.12 bits per heavy atom. The van der Waals surface area contributed by atoms with Crippen LogP contribution in [0.1, 0.15) is 37.6 Å². The fourth-order valence-electron chi connectivity index (χ4n) is 2.89. The Balaban J connectivity index is 1.78. The van der Waals surface area contributed by atoms with E-state index in [0.717, 1.165) is 22.4 Å². The molecule has 0 radical (unpaired) electrons. The van der Waals surface area contributed by atoms with E-state index in [9.17, 15) is 8.42 Å². The summed E-state index contributed by atoms with van der Waals surface area (Å²) < 4.78 is 32.9. The van der Waals surface area contributed by atoms with Gasteiger partial charge in [0, 0.05) is 24.1 Å². The van der Waals surface area contributed by atoms with E-state index in [2.05, 4.69) is 9.71 Å². The molecule has 134 valence electrons. The van der Waals surface area contributed by atoms with Crippen molar-refractivity contribution < 1.29 is 13.2 Å². The predicted molar refractivity (Wildman–Crippen MR) is 98.7 cm³/mol. The highest BCUT2D eigenvalue weighted by Crippen LogP contribution is 2.31. The van der Waals surface area contributed by atoms with E-state index in [4.69, 9.17) is 4.74 Å². The molecule has 1 aliphatic heterocycles. The largest absolute Gasteiger partial charge is 0.372 e. The van der Waals surface area contributed by atoms with Crippen molar-refractivity contribution in [2.75, 3.05) is 6.61 Å². The number of hydrogen-bond acceptors (Lipinski definition) is 4. The summed E-state index contributed by atoms with van der Waals surface area (Å²) in [7, 11) is -3.32. The third-order valence-corrected chi connectivity index (χ3v) is 6.38. The predicted octanol–water partition coefficient (Wildman–Crippen LogP) is 3.21. The lowest BCUT2D eigenvalue weighted by molar-refractivity contribution is 0.102. The van der Waals surface area contributed by atoms with Crippen molar-refractivity contribution in [1.82, 2.24) is 9.71 Å². The number of benzene rings is 1. The molecule has 1 aromatic carbocycles. The topological polar surface area (TPSA) is 68.3 Å². The van der Waals surface area contributed by atoms with Gasteiger partial charge in [-0.3, -0.25) is 4.98 Å². The van der Waals surface area contributed by atoms with E-state index < -0.39 is 15.3 Å². The van der Waals surface area contributed by atoms with Crippen LogP contribution in [0.2, 0.25) is 0 Å². The summed E-state index contributed by atoms with van der Waals surface area (Å²) >= 11 is 0. The van der Waals surface area contributed by atoms with Gasteiger partial charge in [0.25, 0.3) is 0 Å². The van der Waals surface area contributed by atoms with Gasteiger partial charge in [-0.25, -0.2) is 13.1 Å². The molecule has 25 heavy (non-hydrogen) atoms. The minimum Gasteiger partial charge on any atom is -0.372 e. The van der Waals surface area contributed by atoms with Gasteiger partial charge in [-0.05, 0) is 44.4 Å². The number of rotatable bonds is 5. The van der Waals surface area contributed by atoms with Crippen LogP contribution in [0.5, 0.6) is 0 Å². The molecule has 1 saturated heterocycles. The number of ether oxygens (including phenoxy) is 1. The maximum atomic E-state index is 12.2. The summed E-state index contributed by atoms with van der Waals surface area (Å²) in [5.74, 6) is 0.